The molecular formula is C23H25NSi. The predicted octanol–water partition coefficient (Wildman–Crippen LogP) is 5.47. The fourth-order valence-electron chi connectivity index (χ4n) is 3.80. The molecule has 0 N–H and O–H groups in total. The van der Waals surface area contributed by atoms with Gasteiger partial charge in [0.1, 0.15) is 0 Å². The molecule has 1 heterocycles. The average molecular weight is 344 g/mol. The fourth-order valence-corrected chi connectivity index (χ4v) is 7.23. The topological polar surface area (TPSA) is 23.8 Å². The average Bonchev–Trinajstić information content (AvgIpc) is 2.68. The minimum absolute atomic E-state index is 0.393. The highest BCUT2D eigenvalue weighted by Crippen LogP contribution is 2.34. The van der Waals surface area contributed by atoms with Crippen molar-refractivity contribution in [3.8, 4) is 17.9 Å². The molecule has 2 aromatic carbocycles. The van der Waals surface area contributed by atoms with Crippen molar-refractivity contribution in [2.75, 3.05) is 0 Å². The second-order valence-electron chi connectivity index (χ2n) is 7.07. The van der Waals surface area contributed by atoms with Crippen LogP contribution in [0.15, 0.2) is 48.5 Å². The maximum absolute atomic E-state index is 8.83. The molecule has 1 fully saturated rings. The monoisotopic (exact) mass is 343 g/mol. The van der Waals surface area contributed by atoms with Gasteiger partial charge in [0.2, 0.25) is 0 Å². The van der Waals surface area contributed by atoms with Crippen molar-refractivity contribution in [2.45, 2.75) is 50.2 Å². The summed E-state index contributed by atoms with van der Waals surface area (Å²) in [6.07, 6.45) is 4.18. The van der Waals surface area contributed by atoms with E-state index in [1.165, 1.54) is 43.0 Å². The van der Waals surface area contributed by atoms with Crippen molar-refractivity contribution >= 4 is 8.80 Å². The largest absolute Gasteiger partial charge is 0.192 e. The standard InChI is InChI=1S/C23H25NSi/c1-2-15-25-16-13-23(14-17-25)22-11-9-20(10-12-22)4-3-19-5-7-21(18-24)8-6-19/h5-12,23,25H,2,13-17H2,1H3. The lowest BCUT2D eigenvalue weighted by molar-refractivity contribution is 0.606. The van der Waals surface area contributed by atoms with Gasteiger partial charge in [0.25, 0.3) is 0 Å². The van der Waals surface area contributed by atoms with E-state index in [-0.39, 0.29) is 0 Å². The second-order valence-corrected chi connectivity index (χ2v) is 10.5. The van der Waals surface area contributed by atoms with Gasteiger partial charge >= 0.3 is 0 Å². The fraction of sp³-hybridized carbons (Fsp3) is 0.348. The van der Waals surface area contributed by atoms with Crippen LogP contribution in [0.5, 0.6) is 0 Å². The molecule has 2 aromatic rings. The van der Waals surface area contributed by atoms with E-state index in [1.807, 2.05) is 24.3 Å². The first-order valence-electron chi connectivity index (χ1n) is 9.40. The minimum Gasteiger partial charge on any atom is -0.192 e. The van der Waals surface area contributed by atoms with E-state index in [9.17, 15) is 0 Å². The number of nitrogens with zero attached hydrogens (tertiary/aromatic N) is 1. The van der Waals surface area contributed by atoms with Gasteiger partial charge < -0.3 is 0 Å². The van der Waals surface area contributed by atoms with Crippen LogP contribution in [-0.2, 0) is 0 Å². The van der Waals surface area contributed by atoms with Crippen molar-refractivity contribution in [2.24, 2.45) is 0 Å². The van der Waals surface area contributed by atoms with Gasteiger partial charge in [-0.05, 0) is 60.7 Å². The zero-order chi connectivity index (χ0) is 17.5. The van der Waals surface area contributed by atoms with Gasteiger partial charge in [-0.25, -0.2) is 0 Å². The maximum atomic E-state index is 8.83. The van der Waals surface area contributed by atoms with Crippen LogP contribution in [0.2, 0.25) is 18.1 Å². The highest BCUT2D eigenvalue weighted by Gasteiger charge is 2.22. The van der Waals surface area contributed by atoms with Crippen LogP contribution in [0.4, 0.5) is 0 Å². The Morgan fingerprint density at radius 3 is 1.92 bits per heavy atom. The Morgan fingerprint density at radius 2 is 1.40 bits per heavy atom. The van der Waals surface area contributed by atoms with Gasteiger partial charge in [-0.2, -0.15) is 5.26 Å². The Balaban J connectivity index is 1.61. The lowest BCUT2D eigenvalue weighted by Crippen LogP contribution is -2.19. The third-order valence-electron chi connectivity index (χ3n) is 5.29. The quantitative estimate of drug-likeness (QED) is 0.535. The maximum Gasteiger partial charge on any atom is 0.0991 e. The normalized spacial score (nSPS) is 19.5. The van der Waals surface area contributed by atoms with Gasteiger partial charge in [-0.3, -0.25) is 0 Å². The van der Waals surface area contributed by atoms with Crippen LogP contribution in [0.25, 0.3) is 0 Å². The lowest BCUT2D eigenvalue weighted by Gasteiger charge is -2.27. The summed E-state index contributed by atoms with van der Waals surface area (Å²) in [7, 11) is -0.393. The summed E-state index contributed by atoms with van der Waals surface area (Å²) in [5, 5.41) is 8.83. The van der Waals surface area contributed by atoms with Gasteiger partial charge in [0.05, 0.1) is 11.6 Å². The van der Waals surface area contributed by atoms with Crippen molar-refractivity contribution < 1.29 is 0 Å². The van der Waals surface area contributed by atoms with E-state index < -0.39 is 8.80 Å². The van der Waals surface area contributed by atoms with Crippen LogP contribution in [0.1, 0.15) is 54.4 Å². The molecule has 0 radical (unpaired) electrons. The SMILES string of the molecule is CCC[SiH]1CCC(c2ccc(C#Cc3ccc(C#N)cc3)cc2)CC1. The van der Waals surface area contributed by atoms with Crippen LogP contribution in [0, 0.1) is 23.2 Å². The van der Waals surface area contributed by atoms with Crippen molar-refractivity contribution in [1.82, 2.24) is 0 Å². The molecule has 0 atom stereocenters. The van der Waals surface area contributed by atoms with Crippen LogP contribution in [0.3, 0.4) is 0 Å². The van der Waals surface area contributed by atoms with E-state index in [2.05, 4.69) is 49.1 Å². The summed E-state index contributed by atoms with van der Waals surface area (Å²) in [4.78, 5) is 0. The van der Waals surface area contributed by atoms with Gasteiger partial charge in [0, 0.05) is 19.9 Å². The number of benzene rings is 2. The predicted molar refractivity (Wildman–Crippen MR) is 107 cm³/mol. The molecule has 2 heteroatoms. The van der Waals surface area contributed by atoms with Gasteiger partial charge in [0.15, 0.2) is 0 Å². The molecular weight excluding hydrogens is 318 g/mol. The van der Waals surface area contributed by atoms with Crippen molar-refractivity contribution in [3.05, 3.63) is 70.8 Å². The molecule has 1 saturated heterocycles. The molecule has 0 aromatic heterocycles. The first kappa shape index (κ1) is 17.5. The summed E-state index contributed by atoms with van der Waals surface area (Å²) in [5.74, 6) is 7.17. The third-order valence-corrected chi connectivity index (χ3v) is 8.98. The van der Waals surface area contributed by atoms with Crippen LogP contribution >= 0.6 is 0 Å². The van der Waals surface area contributed by atoms with E-state index in [1.54, 1.807) is 0 Å². The smallest absolute Gasteiger partial charge is 0.0991 e. The van der Waals surface area contributed by atoms with E-state index in [4.69, 9.17) is 5.26 Å². The molecule has 0 saturated carbocycles. The zero-order valence-electron chi connectivity index (χ0n) is 15.0. The number of hydrogen-bond donors (Lipinski definition) is 0. The van der Waals surface area contributed by atoms with Gasteiger partial charge in [-0.1, -0.05) is 55.5 Å². The van der Waals surface area contributed by atoms with Gasteiger partial charge in [-0.15, -0.1) is 0 Å². The summed E-state index contributed by atoms with van der Waals surface area (Å²) >= 11 is 0. The highest BCUT2D eigenvalue weighted by atomic mass is 28.3. The molecule has 0 aliphatic carbocycles. The molecule has 0 unspecified atom stereocenters. The van der Waals surface area contributed by atoms with Crippen molar-refractivity contribution in [1.29, 1.82) is 5.26 Å². The third kappa shape index (κ3) is 4.85. The van der Waals surface area contributed by atoms with E-state index >= 15 is 0 Å². The highest BCUT2D eigenvalue weighted by molar-refractivity contribution is 6.59. The molecule has 3 rings (SSSR count). The summed E-state index contributed by atoms with van der Waals surface area (Å²) in [6.45, 7) is 2.33. The first-order valence-corrected chi connectivity index (χ1v) is 11.9. The molecule has 1 nitrogen and oxygen atoms in total. The Hall–Kier alpha value is -2.29. The Morgan fingerprint density at radius 1 is 0.880 bits per heavy atom. The summed E-state index contributed by atoms with van der Waals surface area (Å²) < 4.78 is 0. The minimum atomic E-state index is -0.393. The molecule has 0 bridgehead atoms. The molecule has 1 aliphatic heterocycles. The second kappa shape index (κ2) is 8.70. The number of rotatable bonds is 3. The van der Waals surface area contributed by atoms with Crippen LogP contribution in [-0.4, -0.2) is 8.80 Å². The van der Waals surface area contributed by atoms with Crippen molar-refractivity contribution in [3.63, 3.8) is 0 Å². The first-order chi connectivity index (χ1) is 12.3. The Kier molecular flexibility index (Phi) is 6.10. The summed E-state index contributed by atoms with van der Waals surface area (Å²) in [6, 6.07) is 23.0. The molecule has 0 amide bonds. The number of nitriles is 1. The molecule has 0 spiro atoms. The molecule has 25 heavy (non-hydrogen) atoms. The van der Waals surface area contributed by atoms with E-state index in [0.717, 1.165) is 17.0 Å². The van der Waals surface area contributed by atoms with E-state index in [0.29, 0.717) is 5.56 Å². The Bertz CT molecular complexity index is 779. The number of hydrogen-bond acceptors (Lipinski definition) is 1. The molecule has 1 aliphatic rings. The lowest BCUT2D eigenvalue weighted by atomic mass is 9.93. The van der Waals surface area contributed by atoms with Crippen LogP contribution < -0.4 is 0 Å². The zero-order valence-corrected chi connectivity index (χ0v) is 16.1. The summed E-state index contributed by atoms with van der Waals surface area (Å²) in [5.41, 5.74) is 4.17. The molecule has 126 valence electrons. The Labute approximate surface area is 153 Å².